The fourth-order valence-corrected chi connectivity index (χ4v) is 3.92. The summed E-state index contributed by atoms with van der Waals surface area (Å²) in [5, 5.41) is 8.03. The van der Waals surface area contributed by atoms with Gasteiger partial charge in [-0.25, -0.2) is 4.68 Å². The number of carbonyl (C=O) groups is 1. The third kappa shape index (κ3) is 4.46. The van der Waals surface area contributed by atoms with Gasteiger partial charge in [-0.15, -0.1) is 0 Å². The van der Waals surface area contributed by atoms with Gasteiger partial charge in [0, 0.05) is 11.8 Å². The molecule has 0 radical (unpaired) electrons. The smallest absolute Gasteiger partial charge is 0.255 e. The summed E-state index contributed by atoms with van der Waals surface area (Å²) < 4.78 is 1.76. The Morgan fingerprint density at radius 1 is 0.667 bits per heavy atom. The minimum atomic E-state index is -0.274. The predicted molar refractivity (Wildman–Crippen MR) is 131 cm³/mol. The molecule has 5 rings (SSSR count). The quantitative estimate of drug-likeness (QED) is 0.357. The Kier molecular flexibility index (Phi) is 5.81. The van der Waals surface area contributed by atoms with Crippen LogP contribution in [0.5, 0.6) is 0 Å². The Balaban J connectivity index is 1.56. The third-order valence-electron chi connectivity index (χ3n) is 5.57. The second-order valence-electron chi connectivity index (χ2n) is 7.77. The molecule has 0 saturated carbocycles. The van der Waals surface area contributed by atoms with Crippen LogP contribution in [0.1, 0.15) is 27.5 Å². The van der Waals surface area contributed by atoms with Gasteiger partial charge in [0.25, 0.3) is 5.91 Å². The van der Waals surface area contributed by atoms with Crippen LogP contribution in [0, 0.1) is 0 Å². The molecule has 4 heteroatoms. The number of rotatable bonds is 6. The highest BCUT2D eigenvalue weighted by molar-refractivity contribution is 6.00. The molecule has 160 valence electrons. The Morgan fingerprint density at radius 2 is 1.15 bits per heavy atom. The molecule has 0 spiro atoms. The molecule has 1 aromatic heterocycles. The van der Waals surface area contributed by atoms with Gasteiger partial charge in [0.15, 0.2) is 0 Å². The van der Waals surface area contributed by atoms with Crippen LogP contribution in [-0.2, 0) is 0 Å². The van der Waals surface area contributed by atoms with Crippen LogP contribution in [0.15, 0.2) is 128 Å². The number of nitrogens with zero attached hydrogens (tertiary/aromatic N) is 2. The van der Waals surface area contributed by atoms with Crippen LogP contribution in [-0.4, -0.2) is 15.7 Å². The van der Waals surface area contributed by atoms with Crippen LogP contribution < -0.4 is 5.32 Å². The lowest BCUT2D eigenvalue weighted by Gasteiger charge is -2.20. The number of hydrogen-bond donors (Lipinski definition) is 1. The van der Waals surface area contributed by atoms with Crippen LogP contribution >= 0.6 is 0 Å². The van der Waals surface area contributed by atoms with Crippen molar-refractivity contribution < 1.29 is 4.79 Å². The molecule has 1 amide bonds. The number of hydrogen-bond acceptors (Lipinski definition) is 2. The average molecular weight is 430 g/mol. The predicted octanol–water partition coefficient (Wildman–Crippen LogP) is 6.06. The molecular weight excluding hydrogens is 406 g/mol. The molecule has 0 atom stereocenters. The highest BCUT2D eigenvalue weighted by Crippen LogP contribution is 2.26. The fraction of sp³-hybridized carbons (Fsp3) is 0.0345. The minimum Gasteiger partial charge on any atom is -0.341 e. The highest BCUT2D eigenvalue weighted by atomic mass is 16.1. The number of benzene rings is 4. The van der Waals surface area contributed by atoms with Gasteiger partial charge in [-0.2, -0.15) is 5.10 Å². The molecule has 4 aromatic carbocycles. The van der Waals surface area contributed by atoms with Crippen molar-refractivity contribution in [2.75, 3.05) is 0 Å². The van der Waals surface area contributed by atoms with E-state index in [4.69, 9.17) is 5.10 Å². The standard InChI is InChI=1S/C29H23N3O/c33-29(30-27(22-13-5-1-6-14-22)23-15-7-2-8-16-23)26-21-32(25-19-11-4-12-20-25)31-28(26)24-17-9-3-10-18-24/h1-21,27H,(H,30,33). The highest BCUT2D eigenvalue weighted by Gasteiger charge is 2.23. The van der Waals surface area contributed by atoms with Crippen molar-refractivity contribution in [1.29, 1.82) is 0 Å². The van der Waals surface area contributed by atoms with Gasteiger partial charge in [0.2, 0.25) is 0 Å². The molecule has 0 aliphatic rings. The van der Waals surface area contributed by atoms with Gasteiger partial charge in [0.1, 0.15) is 5.69 Å². The third-order valence-corrected chi connectivity index (χ3v) is 5.57. The molecule has 0 saturated heterocycles. The summed E-state index contributed by atoms with van der Waals surface area (Å²) in [5.74, 6) is -0.172. The van der Waals surface area contributed by atoms with Crippen molar-refractivity contribution in [1.82, 2.24) is 15.1 Å². The van der Waals surface area contributed by atoms with E-state index in [2.05, 4.69) is 5.32 Å². The number of carbonyl (C=O) groups excluding carboxylic acids is 1. The summed E-state index contributed by atoms with van der Waals surface area (Å²) in [6, 6.07) is 39.4. The molecule has 5 aromatic rings. The van der Waals surface area contributed by atoms with E-state index in [0.717, 1.165) is 22.4 Å². The topological polar surface area (TPSA) is 46.9 Å². The Bertz CT molecular complexity index is 1290. The van der Waals surface area contributed by atoms with Crippen molar-refractivity contribution >= 4 is 5.91 Å². The SMILES string of the molecule is O=C(NC(c1ccccc1)c1ccccc1)c1cn(-c2ccccc2)nc1-c1ccccc1. The lowest BCUT2D eigenvalue weighted by molar-refractivity contribution is 0.0943. The van der Waals surface area contributed by atoms with Gasteiger partial charge < -0.3 is 5.32 Å². The van der Waals surface area contributed by atoms with Gasteiger partial charge in [-0.1, -0.05) is 109 Å². The maximum absolute atomic E-state index is 13.7. The molecule has 0 aliphatic carbocycles. The van der Waals surface area contributed by atoms with Crippen molar-refractivity contribution in [3.05, 3.63) is 144 Å². The number of para-hydroxylation sites is 1. The average Bonchev–Trinajstić information content (AvgIpc) is 3.35. The molecule has 1 heterocycles. The summed E-state index contributed by atoms with van der Waals surface area (Å²) in [5.41, 5.74) is 5.02. The van der Waals surface area contributed by atoms with E-state index >= 15 is 0 Å². The summed E-state index contributed by atoms with van der Waals surface area (Å²) >= 11 is 0. The number of amides is 1. The summed E-state index contributed by atoms with van der Waals surface area (Å²) in [6.45, 7) is 0. The largest absolute Gasteiger partial charge is 0.341 e. The van der Waals surface area contributed by atoms with Crippen LogP contribution in [0.3, 0.4) is 0 Å². The van der Waals surface area contributed by atoms with Crippen LogP contribution in [0.4, 0.5) is 0 Å². The second kappa shape index (κ2) is 9.37. The van der Waals surface area contributed by atoms with Crippen molar-refractivity contribution in [3.8, 4) is 16.9 Å². The zero-order chi connectivity index (χ0) is 22.5. The molecule has 1 N–H and O–H groups in total. The van der Waals surface area contributed by atoms with E-state index in [0.29, 0.717) is 11.3 Å². The van der Waals surface area contributed by atoms with Gasteiger partial charge >= 0.3 is 0 Å². The second-order valence-corrected chi connectivity index (χ2v) is 7.77. The Morgan fingerprint density at radius 3 is 1.70 bits per heavy atom. The van der Waals surface area contributed by atoms with E-state index in [-0.39, 0.29) is 11.9 Å². The van der Waals surface area contributed by atoms with E-state index in [9.17, 15) is 4.79 Å². The first kappa shape index (κ1) is 20.5. The van der Waals surface area contributed by atoms with Gasteiger partial charge in [-0.3, -0.25) is 4.79 Å². The summed E-state index contributed by atoms with van der Waals surface area (Å²) in [6.07, 6.45) is 1.81. The number of aromatic nitrogens is 2. The molecule has 0 unspecified atom stereocenters. The zero-order valence-corrected chi connectivity index (χ0v) is 18.0. The number of nitrogens with one attached hydrogen (secondary N) is 1. The molecule has 0 fully saturated rings. The Labute approximate surface area is 193 Å². The molecule has 4 nitrogen and oxygen atoms in total. The van der Waals surface area contributed by atoms with Crippen LogP contribution in [0.2, 0.25) is 0 Å². The minimum absolute atomic E-state index is 0.172. The maximum atomic E-state index is 13.7. The Hall–Kier alpha value is -4.44. The van der Waals surface area contributed by atoms with Crippen molar-refractivity contribution in [2.24, 2.45) is 0 Å². The summed E-state index contributed by atoms with van der Waals surface area (Å²) in [4.78, 5) is 13.7. The van der Waals surface area contributed by atoms with Crippen molar-refractivity contribution in [3.63, 3.8) is 0 Å². The van der Waals surface area contributed by atoms with Crippen molar-refractivity contribution in [2.45, 2.75) is 6.04 Å². The summed E-state index contributed by atoms with van der Waals surface area (Å²) in [7, 11) is 0. The first-order chi connectivity index (χ1) is 16.3. The van der Waals surface area contributed by atoms with E-state index in [1.165, 1.54) is 0 Å². The van der Waals surface area contributed by atoms with E-state index in [1.54, 1.807) is 10.9 Å². The lowest BCUT2D eigenvalue weighted by atomic mass is 9.98. The van der Waals surface area contributed by atoms with Gasteiger partial charge in [-0.05, 0) is 23.3 Å². The lowest BCUT2D eigenvalue weighted by Crippen LogP contribution is -2.29. The maximum Gasteiger partial charge on any atom is 0.255 e. The van der Waals surface area contributed by atoms with Crippen LogP contribution in [0.25, 0.3) is 16.9 Å². The molecule has 0 aliphatic heterocycles. The normalized spacial score (nSPS) is 10.8. The first-order valence-corrected chi connectivity index (χ1v) is 10.9. The molecule has 33 heavy (non-hydrogen) atoms. The van der Waals surface area contributed by atoms with E-state index < -0.39 is 0 Å². The molecule has 0 bridgehead atoms. The van der Waals surface area contributed by atoms with E-state index in [1.807, 2.05) is 121 Å². The first-order valence-electron chi connectivity index (χ1n) is 10.9. The fourth-order valence-electron chi connectivity index (χ4n) is 3.92. The monoisotopic (exact) mass is 429 g/mol. The molecular formula is C29H23N3O. The zero-order valence-electron chi connectivity index (χ0n) is 18.0. The van der Waals surface area contributed by atoms with Gasteiger partial charge in [0.05, 0.1) is 17.3 Å².